The smallest absolute Gasteiger partial charge is 0.244 e. The van der Waals surface area contributed by atoms with Crippen LogP contribution in [0.3, 0.4) is 0 Å². The average Bonchev–Trinajstić information content (AvgIpc) is 3.41. The van der Waals surface area contributed by atoms with E-state index in [2.05, 4.69) is 15.6 Å². The first-order valence-corrected chi connectivity index (χ1v) is 14.4. The first kappa shape index (κ1) is 26.7. The summed E-state index contributed by atoms with van der Waals surface area (Å²) >= 11 is 9.09. The van der Waals surface area contributed by atoms with E-state index in [-0.39, 0.29) is 18.2 Å². The van der Waals surface area contributed by atoms with E-state index in [0.717, 1.165) is 21.6 Å². The number of anilines is 2. The van der Waals surface area contributed by atoms with Gasteiger partial charge in [0, 0.05) is 26.5 Å². The van der Waals surface area contributed by atoms with Crippen LogP contribution in [-0.4, -0.2) is 16.8 Å². The highest BCUT2D eigenvalue weighted by atomic mass is 35.5. The second-order valence-electron chi connectivity index (χ2n) is 8.65. The molecule has 0 aliphatic carbocycles. The lowest BCUT2D eigenvalue weighted by atomic mass is 10.1. The molecule has 0 aliphatic rings. The van der Waals surface area contributed by atoms with Gasteiger partial charge in [-0.2, -0.15) is 0 Å². The molecule has 1 unspecified atom stereocenters. The summed E-state index contributed by atoms with van der Waals surface area (Å²) in [6.07, 6.45) is 0.289. The normalized spacial score (nSPS) is 11.5. The van der Waals surface area contributed by atoms with Gasteiger partial charge < -0.3 is 10.6 Å². The van der Waals surface area contributed by atoms with Crippen LogP contribution in [0, 0.1) is 0 Å². The predicted octanol–water partition coefficient (Wildman–Crippen LogP) is 8.12. The van der Waals surface area contributed by atoms with Crippen molar-refractivity contribution >= 4 is 57.3 Å². The molecular weight excluding hydrogens is 546 g/mol. The highest BCUT2D eigenvalue weighted by Crippen LogP contribution is 2.38. The Balaban J connectivity index is 1.31. The van der Waals surface area contributed by atoms with Gasteiger partial charge in [0.15, 0.2) is 5.13 Å². The van der Waals surface area contributed by atoms with Crippen LogP contribution >= 0.6 is 34.7 Å². The third kappa shape index (κ3) is 7.15. The van der Waals surface area contributed by atoms with Crippen molar-refractivity contribution in [2.24, 2.45) is 0 Å². The Morgan fingerprint density at radius 2 is 1.56 bits per heavy atom. The average molecular weight is 570 g/mol. The number of hydrogen-bond donors (Lipinski definition) is 2. The number of halogens is 1. The summed E-state index contributed by atoms with van der Waals surface area (Å²) in [7, 11) is 0. The van der Waals surface area contributed by atoms with Gasteiger partial charge >= 0.3 is 0 Å². The van der Waals surface area contributed by atoms with Gasteiger partial charge in [-0.05, 0) is 35.4 Å². The standard InChI is InChI=1S/C31H24ClN3O2S2/c32-26-17-8-7-16-25(26)27-20-38-31(34-27)35-30(37)29(22-12-5-2-6-13-22)39-24-15-9-14-23(19-24)33-28(36)18-21-10-3-1-4-11-21/h1-17,19-20,29H,18H2,(H,33,36)(H,34,35,37). The van der Waals surface area contributed by atoms with Gasteiger partial charge in [0.1, 0.15) is 5.25 Å². The van der Waals surface area contributed by atoms with E-state index in [0.29, 0.717) is 21.5 Å². The number of carbonyl (C=O) groups is 2. The minimum Gasteiger partial charge on any atom is -0.326 e. The minimum absolute atomic E-state index is 0.0983. The van der Waals surface area contributed by atoms with Crippen LogP contribution in [-0.2, 0) is 16.0 Å². The Morgan fingerprint density at radius 1 is 0.846 bits per heavy atom. The molecule has 0 spiro atoms. The number of benzene rings is 4. The van der Waals surface area contributed by atoms with Gasteiger partial charge in [-0.1, -0.05) is 96.5 Å². The van der Waals surface area contributed by atoms with Crippen molar-refractivity contribution in [1.29, 1.82) is 0 Å². The molecule has 5 nitrogen and oxygen atoms in total. The lowest BCUT2D eigenvalue weighted by Crippen LogP contribution is -2.19. The number of nitrogens with zero attached hydrogens (tertiary/aromatic N) is 1. The molecular formula is C31H24ClN3O2S2. The summed E-state index contributed by atoms with van der Waals surface area (Å²) in [6, 6.07) is 34.2. The molecule has 1 heterocycles. The molecule has 39 heavy (non-hydrogen) atoms. The second-order valence-corrected chi connectivity index (χ2v) is 11.1. The van der Waals surface area contributed by atoms with E-state index in [1.165, 1.54) is 23.1 Å². The zero-order chi connectivity index (χ0) is 27.0. The maximum atomic E-state index is 13.5. The largest absolute Gasteiger partial charge is 0.326 e. The van der Waals surface area contributed by atoms with Crippen molar-refractivity contribution in [3.8, 4) is 11.3 Å². The summed E-state index contributed by atoms with van der Waals surface area (Å²) in [5, 5.41) is 8.39. The van der Waals surface area contributed by atoms with Crippen LogP contribution < -0.4 is 10.6 Å². The number of hydrogen-bond acceptors (Lipinski definition) is 5. The molecule has 0 fully saturated rings. The Morgan fingerprint density at radius 3 is 2.33 bits per heavy atom. The topological polar surface area (TPSA) is 71.1 Å². The molecule has 194 valence electrons. The quantitative estimate of drug-likeness (QED) is 0.176. The van der Waals surface area contributed by atoms with Crippen LogP contribution in [0.4, 0.5) is 10.8 Å². The molecule has 0 saturated carbocycles. The number of nitrogens with one attached hydrogen (secondary N) is 2. The third-order valence-electron chi connectivity index (χ3n) is 5.80. The van der Waals surface area contributed by atoms with E-state index in [1.807, 2.05) is 115 Å². The van der Waals surface area contributed by atoms with Gasteiger partial charge in [0.25, 0.3) is 0 Å². The van der Waals surface area contributed by atoms with Crippen molar-refractivity contribution in [3.63, 3.8) is 0 Å². The Kier molecular flexibility index (Phi) is 8.73. The molecule has 0 aliphatic heterocycles. The van der Waals surface area contributed by atoms with Gasteiger partial charge in [0.2, 0.25) is 11.8 Å². The van der Waals surface area contributed by atoms with Gasteiger partial charge in [-0.3, -0.25) is 9.59 Å². The summed E-state index contributed by atoms with van der Waals surface area (Å²) < 4.78 is 0. The maximum Gasteiger partial charge on any atom is 0.244 e. The van der Waals surface area contributed by atoms with E-state index >= 15 is 0 Å². The van der Waals surface area contributed by atoms with E-state index in [9.17, 15) is 9.59 Å². The predicted molar refractivity (Wildman–Crippen MR) is 161 cm³/mol. The molecule has 4 aromatic carbocycles. The summed E-state index contributed by atoms with van der Waals surface area (Å²) in [6.45, 7) is 0. The number of rotatable bonds is 9. The number of aromatic nitrogens is 1. The molecule has 1 atom stereocenters. The van der Waals surface area contributed by atoms with E-state index in [4.69, 9.17) is 11.6 Å². The number of thioether (sulfide) groups is 1. The Bertz CT molecular complexity index is 1580. The van der Waals surface area contributed by atoms with Crippen LogP contribution in [0.5, 0.6) is 0 Å². The Hall–Kier alpha value is -3.91. The first-order valence-electron chi connectivity index (χ1n) is 12.2. The van der Waals surface area contributed by atoms with Crippen LogP contribution in [0.1, 0.15) is 16.4 Å². The molecule has 0 bridgehead atoms. The lowest BCUT2D eigenvalue weighted by molar-refractivity contribution is -0.116. The molecule has 2 amide bonds. The SMILES string of the molecule is O=C(Cc1ccccc1)Nc1cccc(SC(C(=O)Nc2nc(-c3ccccc3Cl)cs2)c2ccccc2)c1. The van der Waals surface area contributed by atoms with E-state index < -0.39 is 5.25 Å². The molecule has 5 rings (SSSR count). The van der Waals surface area contributed by atoms with Crippen molar-refractivity contribution in [2.75, 3.05) is 10.6 Å². The maximum absolute atomic E-state index is 13.5. The first-order chi connectivity index (χ1) is 19.0. The van der Waals surface area contributed by atoms with Crippen molar-refractivity contribution in [3.05, 3.63) is 131 Å². The fourth-order valence-electron chi connectivity index (χ4n) is 3.97. The Labute approximate surface area is 240 Å². The molecule has 0 radical (unpaired) electrons. The fourth-order valence-corrected chi connectivity index (χ4v) is 5.99. The van der Waals surface area contributed by atoms with E-state index in [1.54, 1.807) is 0 Å². The molecule has 5 aromatic rings. The fraction of sp³-hybridized carbons (Fsp3) is 0.0645. The molecule has 8 heteroatoms. The van der Waals surface area contributed by atoms with Gasteiger partial charge in [0.05, 0.1) is 12.1 Å². The summed E-state index contributed by atoms with van der Waals surface area (Å²) in [5.74, 6) is -0.288. The van der Waals surface area contributed by atoms with Gasteiger partial charge in [-0.15, -0.1) is 23.1 Å². The summed E-state index contributed by atoms with van der Waals surface area (Å²) in [4.78, 5) is 31.6. The van der Waals surface area contributed by atoms with Crippen molar-refractivity contribution in [2.45, 2.75) is 16.6 Å². The van der Waals surface area contributed by atoms with Crippen LogP contribution in [0.2, 0.25) is 5.02 Å². The molecule has 0 saturated heterocycles. The molecule has 2 N–H and O–H groups in total. The number of carbonyl (C=O) groups excluding carboxylic acids is 2. The highest BCUT2D eigenvalue weighted by molar-refractivity contribution is 8.00. The van der Waals surface area contributed by atoms with Crippen LogP contribution in [0.25, 0.3) is 11.3 Å². The number of thiazole rings is 1. The highest BCUT2D eigenvalue weighted by Gasteiger charge is 2.23. The zero-order valence-corrected chi connectivity index (χ0v) is 23.1. The summed E-state index contributed by atoms with van der Waals surface area (Å²) in [5.41, 5.74) is 4.01. The minimum atomic E-state index is -0.533. The monoisotopic (exact) mass is 569 g/mol. The third-order valence-corrected chi connectivity index (χ3v) is 8.14. The zero-order valence-electron chi connectivity index (χ0n) is 20.7. The second kappa shape index (κ2) is 12.8. The number of amides is 2. The van der Waals surface area contributed by atoms with Gasteiger partial charge in [-0.25, -0.2) is 4.98 Å². The van der Waals surface area contributed by atoms with Crippen molar-refractivity contribution < 1.29 is 9.59 Å². The van der Waals surface area contributed by atoms with Crippen LogP contribution in [0.15, 0.2) is 119 Å². The lowest BCUT2D eigenvalue weighted by Gasteiger charge is -2.17. The molecule has 1 aromatic heterocycles. The van der Waals surface area contributed by atoms with Crippen molar-refractivity contribution in [1.82, 2.24) is 4.98 Å².